The Morgan fingerprint density at radius 3 is 2.26 bits per heavy atom. The van der Waals surface area contributed by atoms with Crippen molar-refractivity contribution < 1.29 is 19.1 Å². The lowest BCUT2D eigenvalue weighted by Gasteiger charge is -2.34. The Hall–Kier alpha value is -2.85. The maximum Gasteiger partial charge on any atom is 0.338 e. The Morgan fingerprint density at radius 1 is 0.921 bits per heavy atom. The monoisotopic (exact) mass is 536 g/mol. The van der Waals surface area contributed by atoms with Gasteiger partial charge in [-0.2, -0.15) is 0 Å². The molecule has 0 bridgehead atoms. The number of rotatable bonds is 14. The first-order chi connectivity index (χ1) is 18.4. The van der Waals surface area contributed by atoms with Gasteiger partial charge in [0.05, 0.1) is 17.0 Å². The fourth-order valence-corrected chi connectivity index (χ4v) is 5.12. The van der Waals surface area contributed by atoms with Crippen LogP contribution in [0, 0.1) is 5.41 Å². The fourth-order valence-electron chi connectivity index (χ4n) is 4.72. The Bertz CT molecular complexity index is 1090. The molecule has 38 heavy (non-hydrogen) atoms. The smallest absolute Gasteiger partial charge is 0.338 e. The summed E-state index contributed by atoms with van der Waals surface area (Å²) in [6.45, 7) is 6.23. The van der Waals surface area contributed by atoms with Crippen molar-refractivity contribution in [3.8, 4) is 5.75 Å². The molecule has 204 valence electrons. The number of alkyl halides is 1. The summed E-state index contributed by atoms with van der Waals surface area (Å²) in [7, 11) is 0. The zero-order chi connectivity index (χ0) is 27.4. The van der Waals surface area contributed by atoms with E-state index in [9.17, 15) is 9.59 Å². The van der Waals surface area contributed by atoms with Gasteiger partial charge in [-0.1, -0.05) is 101 Å². The molecule has 0 aromatic heterocycles. The van der Waals surface area contributed by atoms with Gasteiger partial charge in [0.15, 0.2) is 0 Å². The van der Waals surface area contributed by atoms with Crippen molar-refractivity contribution in [2.75, 3.05) is 0 Å². The minimum atomic E-state index is -0.959. The highest BCUT2D eigenvalue weighted by atomic mass is 35.5. The molecule has 0 spiro atoms. The molecule has 3 rings (SSSR count). The van der Waals surface area contributed by atoms with Gasteiger partial charge in [0.2, 0.25) is 0 Å². The van der Waals surface area contributed by atoms with Gasteiger partial charge in [0.25, 0.3) is 0 Å². The highest BCUT2D eigenvalue weighted by Crippen LogP contribution is 2.42. The third-order valence-electron chi connectivity index (χ3n) is 7.13. The molecule has 0 N–H and O–H groups in total. The molecule has 4 nitrogen and oxygen atoms in total. The number of halogens is 1. The molecule has 0 saturated carbocycles. The van der Waals surface area contributed by atoms with Crippen LogP contribution in [-0.4, -0.2) is 23.4 Å². The molecule has 1 aliphatic rings. The van der Waals surface area contributed by atoms with Crippen LogP contribution >= 0.6 is 11.6 Å². The SMILES string of the molecule is CCCCCCC(C)OC(=O)c1ccc(OC(=O)C2(CCCCC)C=CC(c3ccccc3)=CC2Cl)cc1. The third-order valence-corrected chi connectivity index (χ3v) is 7.65. The number of benzene rings is 2. The first-order valence-corrected chi connectivity index (χ1v) is 14.5. The number of carbonyl (C=O) groups excluding carboxylic acids is 2. The van der Waals surface area contributed by atoms with Crippen LogP contribution in [0.15, 0.2) is 72.8 Å². The van der Waals surface area contributed by atoms with Gasteiger partial charge in [-0.25, -0.2) is 4.79 Å². The van der Waals surface area contributed by atoms with Crippen LogP contribution in [0.1, 0.15) is 94.5 Å². The lowest BCUT2D eigenvalue weighted by Crippen LogP contribution is -2.41. The summed E-state index contributed by atoms with van der Waals surface area (Å²) in [5, 5.41) is -0.542. The first kappa shape index (κ1) is 29.7. The quantitative estimate of drug-likeness (QED) is 0.105. The molecule has 0 radical (unpaired) electrons. The van der Waals surface area contributed by atoms with Crippen molar-refractivity contribution >= 4 is 29.1 Å². The lowest BCUT2D eigenvalue weighted by molar-refractivity contribution is -0.143. The zero-order valence-electron chi connectivity index (χ0n) is 23.0. The van der Waals surface area contributed by atoms with E-state index in [4.69, 9.17) is 21.1 Å². The summed E-state index contributed by atoms with van der Waals surface area (Å²) in [6, 6.07) is 16.6. The van der Waals surface area contributed by atoms with E-state index in [0.717, 1.165) is 49.7 Å². The van der Waals surface area contributed by atoms with E-state index < -0.39 is 10.8 Å². The highest BCUT2D eigenvalue weighted by molar-refractivity contribution is 6.25. The first-order valence-electron chi connectivity index (χ1n) is 14.0. The normalized spacial score (nSPS) is 19.5. The number of hydrogen-bond acceptors (Lipinski definition) is 4. The van der Waals surface area contributed by atoms with E-state index in [0.29, 0.717) is 17.7 Å². The van der Waals surface area contributed by atoms with Gasteiger partial charge in [-0.15, -0.1) is 11.6 Å². The minimum Gasteiger partial charge on any atom is -0.459 e. The van der Waals surface area contributed by atoms with Crippen molar-refractivity contribution in [3.63, 3.8) is 0 Å². The van der Waals surface area contributed by atoms with Gasteiger partial charge >= 0.3 is 11.9 Å². The number of ether oxygens (including phenoxy) is 2. The van der Waals surface area contributed by atoms with E-state index in [2.05, 4.69) is 13.8 Å². The Kier molecular flexibility index (Phi) is 11.7. The molecular formula is C33H41ClO4. The zero-order valence-corrected chi connectivity index (χ0v) is 23.7. The van der Waals surface area contributed by atoms with Crippen molar-refractivity contribution in [3.05, 3.63) is 84.0 Å². The predicted octanol–water partition coefficient (Wildman–Crippen LogP) is 8.94. The molecule has 0 saturated heterocycles. The summed E-state index contributed by atoms with van der Waals surface area (Å²) in [5.74, 6) is -0.370. The van der Waals surface area contributed by atoms with Gasteiger partial charge in [0, 0.05) is 0 Å². The molecule has 1 aliphatic carbocycles. The lowest BCUT2D eigenvalue weighted by atomic mass is 9.75. The van der Waals surface area contributed by atoms with Crippen LogP contribution in [0.5, 0.6) is 5.75 Å². The summed E-state index contributed by atoms with van der Waals surface area (Å²) in [4.78, 5) is 26.1. The fraction of sp³-hybridized carbons (Fsp3) is 0.455. The van der Waals surface area contributed by atoms with Crippen molar-refractivity contribution in [1.82, 2.24) is 0 Å². The Labute approximate surface area is 233 Å². The predicted molar refractivity (Wildman–Crippen MR) is 155 cm³/mol. The average molecular weight is 537 g/mol. The topological polar surface area (TPSA) is 52.6 Å². The molecule has 2 aromatic rings. The van der Waals surface area contributed by atoms with E-state index in [1.165, 1.54) is 12.8 Å². The van der Waals surface area contributed by atoms with E-state index in [1.54, 1.807) is 24.3 Å². The number of carbonyl (C=O) groups is 2. The average Bonchev–Trinajstić information content (AvgIpc) is 2.93. The van der Waals surface area contributed by atoms with Crippen LogP contribution in [0.25, 0.3) is 5.57 Å². The minimum absolute atomic E-state index is 0.132. The second-order valence-corrected chi connectivity index (χ2v) is 10.7. The molecule has 0 amide bonds. The van der Waals surface area contributed by atoms with Crippen LogP contribution in [0.4, 0.5) is 0 Å². The molecule has 0 aliphatic heterocycles. The van der Waals surface area contributed by atoms with Crippen LogP contribution in [-0.2, 0) is 9.53 Å². The largest absolute Gasteiger partial charge is 0.459 e. The summed E-state index contributed by atoms with van der Waals surface area (Å²) in [5.41, 5.74) is 1.53. The van der Waals surface area contributed by atoms with Gasteiger partial charge in [0.1, 0.15) is 11.2 Å². The molecule has 3 atom stereocenters. The van der Waals surface area contributed by atoms with Crippen LogP contribution in [0.3, 0.4) is 0 Å². The molecule has 2 aromatic carbocycles. The summed E-state index contributed by atoms with van der Waals surface area (Å²) >= 11 is 6.90. The van der Waals surface area contributed by atoms with Gasteiger partial charge in [-0.05, 0) is 61.6 Å². The third kappa shape index (κ3) is 8.07. The molecular weight excluding hydrogens is 496 g/mol. The standard InChI is InChI=1S/C33H41ClO4/c1-4-6-8-10-14-25(3)37-31(35)27-17-19-29(20-18-27)38-32(36)33(22-13-7-5-2)23-21-28(24-30(33)34)26-15-11-9-12-16-26/h9,11-12,15-21,23-25,30H,4-8,10,13-14,22H2,1-3H3. The highest BCUT2D eigenvalue weighted by Gasteiger charge is 2.45. The van der Waals surface area contributed by atoms with E-state index in [1.807, 2.05) is 55.5 Å². The van der Waals surface area contributed by atoms with E-state index >= 15 is 0 Å². The Balaban J connectivity index is 1.67. The summed E-state index contributed by atoms with van der Waals surface area (Å²) in [6.07, 6.45) is 14.7. The molecule has 3 unspecified atom stereocenters. The second-order valence-electron chi connectivity index (χ2n) is 10.2. The Morgan fingerprint density at radius 2 is 1.61 bits per heavy atom. The van der Waals surface area contributed by atoms with Gasteiger partial charge < -0.3 is 9.47 Å². The number of allylic oxidation sites excluding steroid dienone is 3. The van der Waals surface area contributed by atoms with Crippen molar-refractivity contribution in [2.45, 2.75) is 90.0 Å². The second kappa shape index (κ2) is 14.9. The van der Waals surface area contributed by atoms with E-state index in [-0.39, 0.29) is 18.0 Å². The maximum absolute atomic E-state index is 13.6. The number of unbranched alkanes of at least 4 members (excludes halogenated alkanes) is 5. The van der Waals surface area contributed by atoms with Crippen LogP contribution in [0.2, 0.25) is 0 Å². The van der Waals surface area contributed by atoms with Crippen LogP contribution < -0.4 is 4.74 Å². The van der Waals surface area contributed by atoms with Crippen molar-refractivity contribution in [2.24, 2.45) is 5.41 Å². The summed E-state index contributed by atoms with van der Waals surface area (Å²) < 4.78 is 11.4. The van der Waals surface area contributed by atoms with Gasteiger partial charge in [-0.3, -0.25) is 4.79 Å². The molecule has 0 fully saturated rings. The molecule has 0 heterocycles. The number of esters is 2. The number of hydrogen-bond donors (Lipinski definition) is 0. The maximum atomic E-state index is 13.6. The molecule has 5 heteroatoms. The van der Waals surface area contributed by atoms with Crippen molar-refractivity contribution in [1.29, 1.82) is 0 Å².